The molecule has 0 saturated carbocycles. The summed E-state index contributed by atoms with van der Waals surface area (Å²) >= 11 is 2.06. The average Bonchev–Trinajstić information content (AvgIpc) is 2.78. The summed E-state index contributed by atoms with van der Waals surface area (Å²) in [6.07, 6.45) is -3.19. The molecule has 0 bridgehead atoms. The molecule has 0 heterocycles. The van der Waals surface area contributed by atoms with Gasteiger partial charge in [-0.15, -0.1) is 0 Å². The third kappa shape index (κ3) is 6.75. The number of benzene rings is 3. The molecule has 0 saturated heterocycles. The third-order valence-electron chi connectivity index (χ3n) is 4.33. The van der Waals surface area contributed by atoms with Gasteiger partial charge in [-0.05, 0) is 82.2 Å². The SMILES string of the molecule is O=C(N/N=C\c1ccc(OCc2ccc([N+](=O)[O-])cc2)c(I)c1)c1cccc(C(F)(F)F)c1. The maximum absolute atomic E-state index is 12.8. The van der Waals surface area contributed by atoms with Crippen molar-refractivity contribution in [1.82, 2.24) is 5.43 Å². The minimum Gasteiger partial charge on any atom is -0.488 e. The van der Waals surface area contributed by atoms with Crippen LogP contribution in [-0.4, -0.2) is 17.0 Å². The highest BCUT2D eigenvalue weighted by atomic mass is 127. The van der Waals surface area contributed by atoms with Crippen LogP contribution in [0.25, 0.3) is 0 Å². The molecule has 7 nitrogen and oxygen atoms in total. The molecule has 0 atom stereocenters. The van der Waals surface area contributed by atoms with Crippen LogP contribution in [0.5, 0.6) is 5.75 Å². The van der Waals surface area contributed by atoms with Crippen molar-refractivity contribution in [2.75, 3.05) is 0 Å². The molecule has 33 heavy (non-hydrogen) atoms. The van der Waals surface area contributed by atoms with Crippen LogP contribution >= 0.6 is 22.6 Å². The molecule has 0 aliphatic carbocycles. The zero-order chi connectivity index (χ0) is 24.0. The summed E-state index contributed by atoms with van der Waals surface area (Å²) in [5, 5.41) is 14.5. The van der Waals surface area contributed by atoms with Crippen molar-refractivity contribution in [1.29, 1.82) is 0 Å². The quantitative estimate of drug-likeness (QED) is 0.175. The van der Waals surface area contributed by atoms with E-state index in [1.807, 2.05) is 0 Å². The number of hydrazone groups is 1. The normalized spacial score (nSPS) is 11.4. The van der Waals surface area contributed by atoms with Gasteiger partial charge in [0, 0.05) is 17.7 Å². The number of non-ortho nitro benzene ring substituents is 1. The summed E-state index contributed by atoms with van der Waals surface area (Å²) in [5.74, 6) is -0.186. The maximum atomic E-state index is 12.8. The lowest BCUT2D eigenvalue weighted by Gasteiger charge is -2.09. The average molecular weight is 569 g/mol. The van der Waals surface area contributed by atoms with Crippen molar-refractivity contribution < 1.29 is 27.6 Å². The first-order valence-electron chi connectivity index (χ1n) is 9.30. The largest absolute Gasteiger partial charge is 0.488 e. The second kappa shape index (κ2) is 10.4. The van der Waals surface area contributed by atoms with Crippen molar-refractivity contribution >= 4 is 40.4 Å². The van der Waals surface area contributed by atoms with Gasteiger partial charge in [0.1, 0.15) is 12.4 Å². The first-order chi connectivity index (χ1) is 15.6. The number of amides is 1. The van der Waals surface area contributed by atoms with Crippen LogP contribution in [0.15, 0.2) is 71.8 Å². The Morgan fingerprint density at radius 3 is 2.48 bits per heavy atom. The number of nitrogens with one attached hydrogen (secondary N) is 1. The van der Waals surface area contributed by atoms with Crippen LogP contribution in [0.3, 0.4) is 0 Å². The topological polar surface area (TPSA) is 93.8 Å². The number of carbonyl (C=O) groups is 1. The fourth-order valence-electron chi connectivity index (χ4n) is 2.66. The van der Waals surface area contributed by atoms with Crippen molar-refractivity contribution in [3.05, 3.63) is 103 Å². The Labute approximate surface area is 199 Å². The molecule has 11 heteroatoms. The van der Waals surface area contributed by atoms with Gasteiger partial charge >= 0.3 is 6.18 Å². The molecule has 1 amide bonds. The first-order valence-corrected chi connectivity index (χ1v) is 10.4. The van der Waals surface area contributed by atoms with Crippen molar-refractivity contribution in [2.24, 2.45) is 5.10 Å². The lowest BCUT2D eigenvalue weighted by atomic mass is 10.1. The minimum atomic E-state index is -4.54. The summed E-state index contributed by atoms with van der Waals surface area (Å²) in [6, 6.07) is 15.2. The number of nitro benzene ring substituents is 1. The Morgan fingerprint density at radius 2 is 1.85 bits per heavy atom. The monoisotopic (exact) mass is 569 g/mol. The Morgan fingerprint density at radius 1 is 1.12 bits per heavy atom. The van der Waals surface area contributed by atoms with Gasteiger partial charge < -0.3 is 4.74 Å². The Bertz CT molecular complexity index is 1200. The smallest absolute Gasteiger partial charge is 0.416 e. The standard InChI is InChI=1S/C22H15F3IN3O4/c23-22(24,25)17-3-1-2-16(11-17)21(30)28-27-12-15-6-9-20(19(26)10-15)33-13-14-4-7-18(8-5-14)29(31)32/h1-12H,13H2,(H,28,30)/b27-12-. The highest BCUT2D eigenvalue weighted by Crippen LogP contribution is 2.29. The molecule has 170 valence electrons. The van der Waals surface area contributed by atoms with Gasteiger partial charge in [0.15, 0.2) is 0 Å². The molecule has 0 aromatic heterocycles. The number of nitro groups is 1. The van der Waals surface area contributed by atoms with Crippen LogP contribution in [0.4, 0.5) is 18.9 Å². The molecular formula is C22H15F3IN3O4. The number of rotatable bonds is 7. The van der Waals surface area contributed by atoms with Gasteiger partial charge in [-0.3, -0.25) is 14.9 Å². The van der Waals surface area contributed by atoms with Crippen molar-refractivity contribution in [2.45, 2.75) is 12.8 Å². The Hall–Kier alpha value is -3.48. The van der Waals surface area contributed by atoms with E-state index in [0.717, 1.165) is 27.3 Å². The first kappa shape index (κ1) is 24.2. The van der Waals surface area contributed by atoms with E-state index in [4.69, 9.17) is 4.74 Å². The lowest BCUT2D eigenvalue weighted by Crippen LogP contribution is -2.18. The van der Waals surface area contributed by atoms with E-state index in [2.05, 4.69) is 33.1 Å². The lowest BCUT2D eigenvalue weighted by molar-refractivity contribution is -0.384. The van der Waals surface area contributed by atoms with Gasteiger partial charge in [0.05, 0.1) is 20.3 Å². The van der Waals surface area contributed by atoms with E-state index in [-0.39, 0.29) is 17.9 Å². The van der Waals surface area contributed by atoms with Gasteiger partial charge in [-0.25, -0.2) is 5.43 Å². The van der Waals surface area contributed by atoms with Gasteiger partial charge in [0.2, 0.25) is 0 Å². The van der Waals surface area contributed by atoms with E-state index in [0.29, 0.717) is 11.3 Å². The summed E-state index contributed by atoms with van der Waals surface area (Å²) in [5.41, 5.74) is 2.51. The van der Waals surface area contributed by atoms with E-state index < -0.39 is 22.6 Å². The number of nitrogens with zero attached hydrogens (tertiary/aromatic N) is 2. The summed E-state index contributed by atoms with van der Waals surface area (Å²) in [6.45, 7) is 0.217. The molecule has 3 aromatic carbocycles. The van der Waals surface area contributed by atoms with E-state index in [1.54, 1.807) is 30.3 Å². The molecule has 0 aliphatic rings. The highest BCUT2D eigenvalue weighted by molar-refractivity contribution is 14.1. The molecule has 3 rings (SSSR count). The van der Waals surface area contributed by atoms with E-state index >= 15 is 0 Å². The Balaban J connectivity index is 1.58. The summed E-state index contributed by atoms with van der Waals surface area (Å²) < 4.78 is 44.8. The number of carbonyl (C=O) groups excluding carboxylic acids is 1. The van der Waals surface area contributed by atoms with Crippen molar-refractivity contribution in [3.63, 3.8) is 0 Å². The molecule has 0 unspecified atom stereocenters. The summed E-state index contributed by atoms with van der Waals surface area (Å²) in [7, 11) is 0. The van der Waals surface area contributed by atoms with Gasteiger partial charge in [-0.1, -0.05) is 6.07 Å². The zero-order valence-electron chi connectivity index (χ0n) is 16.7. The number of halogens is 4. The molecule has 0 aliphatic heterocycles. The number of ether oxygens (including phenoxy) is 1. The second-order valence-electron chi connectivity index (χ2n) is 6.68. The van der Waals surface area contributed by atoms with Crippen LogP contribution in [0, 0.1) is 13.7 Å². The van der Waals surface area contributed by atoms with Crippen molar-refractivity contribution in [3.8, 4) is 5.75 Å². The number of hydrogen-bond donors (Lipinski definition) is 1. The van der Waals surface area contributed by atoms with Crippen LogP contribution in [-0.2, 0) is 12.8 Å². The maximum Gasteiger partial charge on any atom is 0.416 e. The molecular weight excluding hydrogens is 554 g/mol. The molecule has 0 fully saturated rings. The predicted molar refractivity (Wildman–Crippen MR) is 123 cm³/mol. The fourth-order valence-corrected chi connectivity index (χ4v) is 3.35. The molecule has 1 N–H and O–H groups in total. The van der Waals surface area contributed by atoms with Crippen LogP contribution in [0.2, 0.25) is 0 Å². The molecule has 0 spiro atoms. The number of hydrogen-bond acceptors (Lipinski definition) is 5. The van der Waals surface area contributed by atoms with Gasteiger partial charge in [-0.2, -0.15) is 18.3 Å². The number of alkyl halides is 3. The minimum absolute atomic E-state index is 0.00267. The highest BCUT2D eigenvalue weighted by Gasteiger charge is 2.30. The molecule has 3 aromatic rings. The zero-order valence-corrected chi connectivity index (χ0v) is 18.8. The van der Waals surface area contributed by atoms with E-state index in [9.17, 15) is 28.1 Å². The van der Waals surface area contributed by atoms with Crippen LogP contribution in [0.1, 0.15) is 27.0 Å². The second-order valence-corrected chi connectivity index (χ2v) is 7.84. The molecule has 0 radical (unpaired) electrons. The van der Waals surface area contributed by atoms with E-state index in [1.165, 1.54) is 24.4 Å². The summed E-state index contributed by atoms with van der Waals surface area (Å²) in [4.78, 5) is 22.3. The van der Waals surface area contributed by atoms with Gasteiger partial charge in [0.25, 0.3) is 11.6 Å². The Kier molecular flexibility index (Phi) is 7.63. The van der Waals surface area contributed by atoms with Crippen LogP contribution < -0.4 is 10.2 Å². The third-order valence-corrected chi connectivity index (χ3v) is 5.17. The predicted octanol–water partition coefficient (Wildman–Crippen LogP) is 5.56. The fraction of sp³-hybridized carbons (Fsp3) is 0.0909.